The quantitative estimate of drug-likeness (QED) is 0.736. The van der Waals surface area contributed by atoms with Crippen molar-refractivity contribution in [2.45, 2.75) is 6.42 Å². The maximum absolute atomic E-state index is 9.04. The highest BCUT2D eigenvalue weighted by atomic mass is 35.5. The van der Waals surface area contributed by atoms with Gasteiger partial charge in [0.2, 0.25) is 0 Å². The first-order valence-electron chi connectivity index (χ1n) is 3.63. The predicted molar refractivity (Wildman–Crippen MR) is 50.2 cm³/mol. The van der Waals surface area contributed by atoms with Crippen LogP contribution in [0.2, 0.25) is 5.15 Å². The third kappa shape index (κ3) is 2.77. The summed E-state index contributed by atoms with van der Waals surface area (Å²) in [4.78, 5) is 3.86. The highest BCUT2D eigenvalue weighted by Crippen LogP contribution is 2.20. The van der Waals surface area contributed by atoms with E-state index in [4.69, 9.17) is 22.0 Å². The molecule has 1 heterocycles. The minimum atomic E-state index is -0.0425. The van der Waals surface area contributed by atoms with Crippen LogP contribution < -0.4 is 0 Å². The van der Waals surface area contributed by atoms with Crippen molar-refractivity contribution in [3.8, 4) is 11.8 Å². The fourth-order valence-electron chi connectivity index (χ4n) is 0.766. The molecule has 0 bridgehead atoms. The molecule has 0 amide bonds. The van der Waals surface area contributed by atoms with Gasteiger partial charge in [0.05, 0.1) is 18.2 Å². The predicted octanol–water partition coefficient (Wildman–Crippen LogP) is 2.37. The third-order valence-corrected chi connectivity index (χ3v) is 1.63. The highest BCUT2D eigenvalue weighted by molar-refractivity contribution is 6.30. The summed E-state index contributed by atoms with van der Waals surface area (Å²) in [5, 5.41) is 17.4. The molecule has 0 saturated heterocycles. The molecule has 4 heteroatoms. The molecule has 3 nitrogen and oxygen atoms in total. The van der Waals surface area contributed by atoms with Gasteiger partial charge in [-0.25, -0.2) is 4.98 Å². The number of rotatable bonds is 2. The average Bonchev–Trinajstić information content (AvgIpc) is 2.12. The molecular weight excluding hydrogens is 188 g/mol. The SMILES string of the molecule is N#CCC=Cc1ccc(O)c(Cl)n1. The van der Waals surface area contributed by atoms with Crippen molar-refractivity contribution in [1.29, 1.82) is 5.26 Å². The fraction of sp³-hybridized carbons (Fsp3) is 0.111. The van der Waals surface area contributed by atoms with E-state index >= 15 is 0 Å². The Balaban J connectivity index is 2.81. The number of aromatic nitrogens is 1. The van der Waals surface area contributed by atoms with Crippen LogP contribution >= 0.6 is 11.6 Å². The molecule has 1 rings (SSSR count). The first-order chi connectivity index (χ1) is 6.24. The first kappa shape index (κ1) is 9.56. The van der Waals surface area contributed by atoms with Crippen LogP contribution in [0.15, 0.2) is 18.2 Å². The monoisotopic (exact) mass is 194 g/mol. The zero-order chi connectivity index (χ0) is 9.68. The molecule has 0 atom stereocenters. The first-order valence-corrected chi connectivity index (χ1v) is 4.01. The maximum Gasteiger partial charge on any atom is 0.171 e. The van der Waals surface area contributed by atoms with Crippen LogP contribution in [0.5, 0.6) is 5.75 Å². The fourth-order valence-corrected chi connectivity index (χ4v) is 0.927. The van der Waals surface area contributed by atoms with Crippen molar-refractivity contribution in [3.63, 3.8) is 0 Å². The molecule has 0 aliphatic heterocycles. The lowest BCUT2D eigenvalue weighted by Gasteiger charge is -1.96. The summed E-state index contributed by atoms with van der Waals surface area (Å²) < 4.78 is 0. The van der Waals surface area contributed by atoms with Crippen LogP contribution in [-0.2, 0) is 0 Å². The Morgan fingerprint density at radius 1 is 1.62 bits per heavy atom. The Bertz CT molecular complexity index is 368. The van der Waals surface area contributed by atoms with Crippen LogP contribution in [0, 0.1) is 11.3 Å². The summed E-state index contributed by atoms with van der Waals surface area (Å²) in [6.45, 7) is 0. The van der Waals surface area contributed by atoms with Gasteiger partial charge in [-0.3, -0.25) is 0 Å². The number of aromatic hydroxyl groups is 1. The van der Waals surface area contributed by atoms with Gasteiger partial charge in [0.1, 0.15) is 0 Å². The number of hydrogen-bond donors (Lipinski definition) is 1. The van der Waals surface area contributed by atoms with Crippen molar-refractivity contribution in [3.05, 3.63) is 29.1 Å². The van der Waals surface area contributed by atoms with E-state index in [-0.39, 0.29) is 10.9 Å². The van der Waals surface area contributed by atoms with E-state index in [1.807, 2.05) is 6.07 Å². The number of allylic oxidation sites excluding steroid dienone is 1. The molecular formula is C9H7ClN2O. The standard InChI is InChI=1S/C9H7ClN2O/c10-9-8(13)5-4-7(12-9)3-1-2-6-11/h1,3-5,13H,2H2. The lowest BCUT2D eigenvalue weighted by Crippen LogP contribution is -1.81. The molecule has 0 radical (unpaired) electrons. The second kappa shape index (κ2) is 4.48. The minimum absolute atomic E-state index is 0.0425. The lowest BCUT2D eigenvalue weighted by atomic mass is 10.3. The Hall–Kier alpha value is -1.53. The van der Waals surface area contributed by atoms with Gasteiger partial charge in [-0.2, -0.15) is 5.26 Å². The van der Waals surface area contributed by atoms with Crippen molar-refractivity contribution in [2.24, 2.45) is 0 Å². The summed E-state index contributed by atoms with van der Waals surface area (Å²) in [7, 11) is 0. The molecule has 1 aromatic heterocycles. The van der Waals surface area contributed by atoms with Crippen LogP contribution in [0.4, 0.5) is 0 Å². The van der Waals surface area contributed by atoms with Gasteiger partial charge in [-0.05, 0) is 18.2 Å². The van der Waals surface area contributed by atoms with E-state index in [0.717, 1.165) is 0 Å². The summed E-state index contributed by atoms with van der Waals surface area (Å²) in [6, 6.07) is 5.05. The molecule has 0 unspecified atom stereocenters. The van der Waals surface area contributed by atoms with Gasteiger partial charge in [0.25, 0.3) is 0 Å². The van der Waals surface area contributed by atoms with E-state index in [1.165, 1.54) is 6.07 Å². The minimum Gasteiger partial charge on any atom is -0.505 e. The molecule has 0 aromatic carbocycles. The molecule has 0 fully saturated rings. The molecule has 0 saturated carbocycles. The van der Waals surface area contributed by atoms with Crippen LogP contribution in [0.1, 0.15) is 12.1 Å². The van der Waals surface area contributed by atoms with Crippen molar-refractivity contribution in [2.75, 3.05) is 0 Å². The number of nitrogens with zero attached hydrogens (tertiary/aromatic N) is 2. The van der Waals surface area contributed by atoms with Gasteiger partial charge < -0.3 is 5.11 Å². The normalized spacial score (nSPS) is 10.2. The van der Waals surface area contributed by atoms with Gasteiger partial charge in [0.15, 0.2) is 10.9 Å². The van der Waals surface area contributed by atoms with E-state index in [1.54, 1.807) is 18.2 Å². The highest BCUT2D eigenvalue weighted by Gasteiger charge is 1.98. The van der Waals surface area contributed by atoms with Crippen LogP contribution in [0.3, 0.4) is 0 Å². The second-order valence-corrected chi connectivity index (χ2v) is 2.67. The molecule has 0 aliphatic carbocycles. The number of halogens is 1. The smallest absolute Gasteiger partial charge is 0.171 e. The number of nitriles is 1. The van der Waals surface area contributed by atoms with E-state index in [2.05, 4.69) is 4.98 Å². The van der Waals surface area contributed by atoms with Crippen molar-refractivity contribution < 1.29 is 5.11 Å². The zero-order valence-electron chi connectivity index (χ0n) is 6.74. The van der Waals surface area contributed by atoms with Gasteiger partial charge in [-0.1, -0.05) is 17.7 Å². The topological polar surface area (TPSA) is 56.9 Å². The van der Waals surface area contributed by atoms with Gasteiger partial charge in [-0.15, -0.1) is 0 Å². The Labute approximate surface area is 80.9 Å². The molecule has 1 N–H and O–H groups in total. The average molecular weight is 195 g/mol. The Kier molecular flexibility index (Phi) is 3.30. The summed E-state index contributed by atoms with van der Waals surface area (Å²) in [5.41, 5.74) is 0.623. The maximum atomic E-state index is 9.04. The van der Waals surface area contributed by atoms with Crippen molar-refractivity contribution >= 4 is 17.7 Å². The summed E-state index contributed by atoms with van der Waals surface area (Å²) >= 11 is 5.57. The third-order valence-electron chi connectivity index (χ3n) is 1.35. The molecule has 13 heavy (non-hydrogen) atoms. The van der Waals surface area contributed by atoms with E-state index < -0.39 is 0 Å². The Morgan fingerprint density at radius 3 is 3.00 bits per heavy atom. The number of hydrogen-bond acceptors (Lipinski definition) is 3. The van der Waals surface area contributed by atoms with E-state index in [0.29, 0.717) is 12.1 Å². The summed E-state index contributed by atoms with van der Waals surface area (Å²) in [6.07, 6.45) is 3.68. The second-order valence-electron chi connectivity index (χ2n) is 2.31. The van der Waals surface area contributed by atoms with Gasteiger partial charge >= 0.3 is 0 Å². The summed E-state index contributed by atoms with van der Waals surface area (Å²) in [5.74, 6) is -0.0425. The van der Waals surface area contributed by atoms with Crippen LogP contribution in [0.25, 0.3) is 6.08 Å². The molecule has 0 spiro atoms. The van der Waals surface area contributed by atoms with Crippen LogP contribution in [-0.4, -0.2) is 10.1 Å². The lowest BCUT2D eigenvalue weighted by molar-refractivity contribution is 0.473. The molecule has 1 aromatic rings. The molecule has 66 valence electrons. The zero-order valence-corrected chi connectivity index (χ0v) is 7.49. The number of pyridine rings is 1. The van der Waals surface area contributed by atoms with Gasteiger partial charge in [0, 0.05) is 0 Å². The molecule has 0 aliphatic rings. The largest absolute Gasteiger partial charge is 0.505 e. The van der Waals surface area contributed by atoms with Crippen molar-refractivity contribution in [1.82, 2.24) is 4.98 Å². The Morgan fingerprint density at radius 2 is 2.38 bits per heavy atom. The van der Waals surface area contributed by atoms with E-state index in [9.17, 15) is 0 Å².